The highest BCUT2D eigenvalue weighted by atomic mass is 35.5. The van der Waals surface area contributed by atoms with Gasteiger partial charge in [0.15, 0.2) is 11.3 Å². The number of ether oxygens (including phenoxy) is 1. The van der Waals surface area contributed by atoms with Crippen LogP contribution in [0, 0.1) is 5.92 Å². The van der Waals surface area contributed by atoms with Gasteiger partial charge in [-0.3, -0.25) is 0 Å². The number of nitrogens with zero attached hydrogens (tertiary/aromatic N) is 2. The van der Waals surface area contributed by atoms with Gasteiger partial charge in [-0.1, -0.05) is 61.8 Å². The first-order valence-corrected chi connectivity index (χ1v) is 9.60. The van der Waals surface area contributed by atoms with Crippen LogP contribution in [0.3, 0.4) is 0 Å². The molecule has 1 atom stereocenters. The van der Waals surface area contributed by atoms with Gasteiger partial charge in [0, 0.05) is 5.39 Å². The van der Waals surface area contributed by atoms with Crippen molar-refractivity contribution in [1.82, 2.24) is 15.0 Å². The van der Waals surface area contributed by atoms with Crippen LogP contribution in [-0.4, -0.2) is 20.9 Å². The van der Waals surface area contributed by atoms with Crippen molar-refractivity contribution in [2.75, 3.05) is 0 Å². The lowest BCUT2D eigenvalue weighted by molar-refractivity contribution is 0.0227. The van der Waals surface area contributed by atoms with Crippen LogP contribution in [0.15, 0.2) is 54.6 Å². The van der Waals surface area contributed by atoms with Gasteiger partial charge in [-0.05, 0) is 30.5 Å². The molecule has 1 unspecified atom stereocenters. The quantitative estimate of drug-likeness (QED) is 0.348. The van der Waals surface area contributed by atoms with E-state index in [-0.39, 0.29) is 5.97 Å². The van der Waals surface area contributed by atoms with E-state index >= 15 is 0 Å². The molecule has 6 heteroatoms. The summed E-state index contributed by atoms with van der Waals surface area (Å²) in [6.45, 7) is 4.16. The number of nitrogens with one attached hydrogen (secondary N) is 1. The molecular weight excluding hydrogens is 374 g/mol. The first-order valence-electron chi connectivity index (χ1n) is 9.23. The number of esters is 1. The second-order valence-electron chi connectivity index (χ2n) is 7.15. The van der Waals surface area contributed by atoms with E-state index < -0.39 is 6.10 Å². The van der Waals surface area contributed by atoms with Crippen molar-refractivity contribution in [3.8, 4) is 0 Å². The summed E-state index contributed by atoms with van der Waals surface area (Å²) >= 11 is 6.37. The maximum Gasteiger partial charge on any atom is 0.338 e. The van der Waals surface area contributed by atoms with Gasteiger partial charge in [-0.25, -0.2) is 14.8 Å². The lowest BCUT2D eigenvalue weighted by atomic mass is 10.1. The van der Waals surface area contributed by atoms with Crippen LogP contribution in [0.2, 0.25) is 5.15 Å². The lowest BCUT2D eigenvalue weighted by Gasteiger charge is -2.17. The van der Waals surface area contributed by atoms with Crippen LogP contribution in [0.1, 0.15) is 42.6 Å². The van der Waals surface area contributed by atoms with Gasteiger partial charge >= 0.3 is 5.97 Å². The second-order valence-corrected chi connectivity index (χ2v) is 7.51. The summed E-state index contributed by atoms with van der Waals surface area (Å²) in [6.07, 6.45) is 0.136. The summed E-state index contributed by atoms with van der Waals surface area (Å²) in [6, 6.07) is 16.7. The number of halogens is 1. The van der Waals surface area contributed by atoms with E-state index in [1.54, 1.807) is 12.1 Å². The van der Waals surface area contributed by atoms with E-state index in [1.807, 2.05) is 42.5 Å². The van der Waals surface area contributed by atoms with Crippen LogP contribution in [0.25, 0.3) is 21.9 Å². The Morgan fingerprint density at radius 3 is 2.54 bits per heavy atom. The van der Waals surface area contributed by atoms with Gasteiger partial charge in [0.1, 0.15) is 16.9 Å². The fraction of sp³-hybridized carbons (Fsp3) is 0.227. The maximum atomic E-state index is 12.6. The van der Waals surface area contributed by atoms with Crippen molar-refractivity contribution in [3.63, 3.8) is 0 Å². The molecule has 0 fully saturated rings. The number of aromatic amines is 1. The van der Waals surface area contributed by atoms with E-state index in [4.69, 9.17) is 21.3 Å². The molecule has 28 heavy (non-hydrogen) atoms. The fourth-order valence-corrected chi connectivity index (χ4v) is 3.46. The number of benzene rings is 2. The molecular formula is C22H20ClN3O2. The number of rotatable bonds is 5. The zero-order valence-electron chi connectivity index (χ0n) is 15.6. The van der Waals surface area contributed by atoms with Crippen molar-refractivity contribution in [2.24, 2.45) is 5.92 Å². The smallest absolute Gasteiger partial charge is 0.338 e. The number of aromatic nitrogens is 3. The molecule has 1 N–H and O–H groups in total. The molecule has 142 valence electrons. The Morgan fingerprint density at radius 1 is 1.07 bits per heavy atom. The van der Waals surface area contributed by atoms with E-state index in [0.29, 0.717) is 34.4 Å². The Morgan fingerprint density at radius 2 is 1.79 bits per heavy atom. The predicted octanol–water partition coefficient (Wildman–Crippen LogP) is 5.71. The number of fused-ring (bicyclic) bond motifs is 3. The van der Waals surface area contributed by atoms with Crippen LogP contribution in [0.5, 0.6) is 0 Å². The monoisotopic (exact) mass is 393 g/mol. The minimum absolute atomic E-state index is 0.312. The van der Waals surface area contributed by atoms with Gasteiger partial charge in [0.25, 0.3) is 0 Å². The molecule has 0 aliphatic heterocycles. The van der Waals surface area contributed by atoms with Crippen molar-refractivity contribution in [2.45, 2.75) is 26.4 Å². The number of carbonyl (C=O) groups is 1. The molecule has 2 heterocycles. The SMILES string of the molecule is CC(C)CC(OC(=O)c1ccccc1)c1nc2c([nH]1)c(Cl)nc1ccccc12. The predicted molar refractivity (Wildman–Crippen MR) is 110 cm³/mol. The van der Waals surface area contributed by atoms with Gasteiger partial charge in [0.2, 0.25) is 0 Å². The summed E-state index contributed by atoms with van der Waals surface area (Å²) in [7, 11) is 0. The van der Waals surface area contributed by atoms with Crippen molar-refractivity contribution >= 4 is 39.5 Å². The second kappa shape index (κ2) is 7.60. The highest BCUT2D eigenvalue weighted by Crippen LogP contribution is 2.31. The Kier molecular flexibility index (Phi) is 5.01. The van der Waals surface area contributed by atoms with E-state index in [9.17, 15) is 4.79 Å². The normalized spacial score (nSPS) is 12.6. The Hall–Kier alpha value is -2.92. The summed E-state index contributed by atoms with van der Waals surface area (Å²) < 4.78 is 5.82. The van der Waals surface area contributed by atoms with E-state index in [2.05, 4.69) is 23.8 Å². The lowest BCUT2D eigenvalue weighted by Crippen LogP contribution is -2.15. The van der Waals surface area contributed by atoms with Crippen molar-refractivity contribution in [1.29, 1.82) is 0 Å². The number of H-pyrrole nitrogens is 1. The number of hydrogen-bond donors (Lipinski definition) is 1. The van der Waals surface area contributed by atoms with Crippen LogP contribution in [0.4, 0.5) is 0 Å². The zero-order valence-corrected chi connectivity index (χ0v) is 16.4. The van der Waals surface area contributed by atoms with Gasteiger partial charge in [-0.2, -0.15) is 0 Å². The van der Waals surface area contributed by atoms with Gasteiger partial charge < -0.3 is 9.72 Å². The van der Waals surface area contributed by atoms with Gasteiger partial charge in [0.05, 0.1) is 11.1 Å². The molecule has 0 saturated carbocycles. The molecule has 0 bridgehead atoms. The van der Waals surface area contributed by atoms with Crippen LogP contribution in [-0.2, 0) is 4.74 Å². The molecule has 2 aromatic carbocycles. The van der Waals surface area contributed by atoms with Crippen LogP contribution >= 0.6 is 11.6 Å². The van der Waals surface area contributed by atoms with E-state index in [0.717, 1.165) is 16.4 Å². The molecule has 4 aromatic rings. The van der Waals surface area contributed by atoms with E-state index in [1.165, 1.54) is 0 Å². The zero-order chi connectivity index (χ0) is 19.7. The summed E-state index contributed by atoms with van der Waals surface area (Å²) in [5, 5.41) is 1.26. The number of imidazole rings is 1. The van der Waals surface area contributed by atoms with Crippen molar-refractivity contribution in [3.05, 3.63) is 71.1 Å². The third-order valence-electron chi connectivity index (χ3n) is 4.56. The van der Waals surface area contributed by atoms with Crippen molar-refractivity contribution < 1.29 is 9.53 Å². The highest BCUT2D eigenvalue weighted by Gasteiger charge is 2.24. The molecule has 5 nitrogen and oxygen atoms in total. The highest BCUT2D eigenvalue weighted by molar-refractivity contribution is 6.35. The average Bonchev–Trinajstić information content (AvgIpc) is 3.14. The number of carbonyl (C=O) groups excluding carboxylic acids is 1. The molecule has 4 rings (SSSR count). The number of pyridine rings is 1. The third kappa shape index (κ3) is 3.58. The minimum atomic E-state index is -0.505. The number of hydrogen-bond acceptors (Lipinski definition) is 4. The molecule has 0 aliphatic carbocycles. The first-order chi connectivity index (χ1) is 13.5. The standard InChI is InChI=1S/C22H20ClN3O2/c1-13(2)12-17(28-22(27)14-8-4-3-5-9-14)21-25-18-15-10-6-7-11-16(15)24-20(23)19(18)26-21/h3-11,13,17H,12H2,1-2H3,(H,25,26). The molecule has 0 saturated heterocycles. The Balaban J connectivity index is 1.76. The molecule has 0 radical (unpaired) electrons. The summed E-state index contributed by atoms with van der Waals surface area (Å²) in [5.74, 6) is 0.515. The number of para-hydroxylation sites is 1. The molecule has 0 spiro atoms. The Bertz CT molecular complexity index is 1140. The third-order valence-corrected chi connectivity index (χ3v) is 4.83. The molecule has 0 aliphatic rings. The maximum absolute atomic E-state index is 12.6. The minimum Gasteiger partial charge on any atom is -0.451 e. The molecule has 0 amide bonds. The van der Waals surface area contributed by atoms with Crippen LogP contribution < -0.4 is 0 Å². The largest absolute Gasteiger partial charge is 0.451 e. The summed E-state index contributed by atoms with van der Waals surface area (Å²) in [4.78, 5) is 25.0. The first kappa shape index (κ1) is 18.4. The average molecular weight is 394 g/mol. The Labute approximate surface area is 167 Å². The summed E-state index contributed by atoms with van der Waals surface area (Å²) in [5.41, 5.74) is 2.67. The topological polar surface area (TPSA) is 67.9 Å². The van der Waals surface area contributed by atoms with Gasteiger partial charge in [-0.15, -0.1) is 0 Å². The molecule has 2 aromatic heterocycles. The fourth-order valence-electron chi connectivity index (χ4n) is 3.24.